The summed E-state index contributed by atoms with van der Waals surface area (Å²) in [5.74, 6) is -0.246. The number of nitrogens with zero attached hydrogens (tertiary/aromatic N) is 2. The molecular formula is C13H19N3O2S. The topological polar surface area (TPSA) is 62.3 Å². The molecule has 104 valence electrons. The second-order valence-electron chi connectivity index (χ2n) is 4.94. The molecular weight excluding hydrogens is 262 g/mol. The molecule has 2 heterocycles. The Kier molecular flexibility index (Phi) is 4.01. The highest BCUT2D eigenvalue weighted by atomic mass is 32.1. The van der Waals surface area contributed by atoms with Crippen LogP contribution in [-0.4, -0.2) is 34.8 Å². The molecule has 0 bridgehead atoms. The smallest absolute Gasteiger partial charge is 0.246 e. The zero-order chi connectivity index (χ0) is 14.2. The number of imide groups is 1. The highest BCUT2D eigenvalue weighted by Crippen LogP contribution is 2.24. The maximum Gasteiger partial charge on any atom is 0.246 e. The summed E-state index contributed by atoms with van der Waals surface area (Å²) in [4.78, 5) is 30.3. The van der Waals surface area contributed by atoms with Gasteiger partial charge in [-0.1, -0.05) is 0 Å². The first-order valence-electron chi connectivity index (χ1n) is 6.40. The maximum absolute atomic E-state index is 12.0. The quantitative estimate of drug-likeness (QED) is 0.854. The van der Waals surface area contributed by atoms with Crippen LogP contribution in [0.4, 0.5) is 0 Å². The molecule has 0 radical (unpaired) electrons. The average Bonchev–Trinajstić information content (AvgIpc) is 2.69. The van der Waals surface area contributed by atoms with E-state index in [1.807, 2.05) is 20.8 Å². The van der Waals surface area contributed by atoms with Crippen molar-refractivity contribution in [2.45, 2.75) is 45.7 Å². The van der Waals surface area contributed by atoms with Gasteiger partial charge in [-0.05, 0) is 27.2 Å². The van der Waals surface area contributed by atoms with Crippen LogP contribution in [0, 0.1) is 13.8 Å². The van der Waals surface area contributed by atoms with Crippen molar-refractivity contribution in [2.24, 2.45) is 0 Å². The van der Waals surface area contributed by atoms with Crippen LogP contribution in [0.25, 0.3) is 0 Å². The SMILES string of the molecule is Cc1nc(C(C)NC2CCC(=O)N(C)C2=O)c(C)s1. The molecule has 2 amide bonds. The first kappa shape index (κ1) is 14.1. The second-order valence-corrected chi connectivity index (χ2v) is 6.35. The van der Waals surface area contributed by atoms with Crippen molar-refractivity contribution in [3.8, 4) is 0 Å². The van der Waals surface area contributed by atoms with E-state index in [0.29, 0.717) is 12.8 Å². The summed E-state index contributed by atoms with van der Waals surface area (Å²) in [7, 11) is 1.54. The van der Waals surface area contributed by atoms with Crippen LogP contribution in [-0.2, 0) is 9.59 Å². The molecule has 6 heteroatoms. The number of likely N-dealkylation sites (tertiary alicyclic amines) is 1. The first-order valence-corrected chi connectivity index (χ1v) is 7.22. The lowest BCUT2D eigenvalue weighted by Crippen LogP contribution is -2.51. The van der Waals surface area contributed by atoms with Crippen molar-refractivity contribution in [3.63, 3.8) is 0 Å². The van der Waals surface area contributed by atoms with E-state index in [4.69, 9.17) is 0 Å². The Morgan fingerprint density at radius 1 is 1.42 bits per heavy atom. The predicted octanol–water partition coefficient (Wildman–Crippen LogP) is 1.56. The minimum atomic E-state index is -0.292. The summed E-state index contributed by atoms with van der Waals surface area (Å²) in [6, 6.07) is -0.278. The summed E-state index contributed by atoms with van der Waals surface area (Å²) in [6.45, 7) is 6.02. The fourth-order valence-electron chi connectivity index (χ4n) is 2.40. The predicted molar refractivity (Wildman–Crippen MR) is 73.9 cm³/mol. The maximum atomic E-state index is 12.0. The molecule has 2 rings (SSSR count). The Bertz CT molecular complexity index is 512. The third kappa shape index (κ3) is 2.84. The van der Waals surface area contributed by atoms with E-state index < -0.39 is 0 Å². The number of amides is 2. The number of nitrogens with one attached hydrogen (secondary N) is 1. The van der Waals surface area contributed by atoms with E-state index in [1.54, 1.807) is 18.4 Å². The van der Waals surface area contributed by atoms with E-state index in [9.17, 15) is 9.59 Å². The third-order valence-corrected chi connectivity index (χ3v) is 4.35. The van der Waals surface area contributed by atoms with Gasteiger partial charge in [0.25, 0.3) is 0 Å². The molecule has 1 aromatic rings. The van der Waals surface area contributed by atoms with Gasteiger partial charge in [0.1, 0.15) is 0 Å². The number of aryl methyl sites for hydroxylation is 2. The Balaban J connectivity index is 2.07. The molecule has 19 heavy (non-hydrogen) atoms. The van der Waals surface area contributed by atoms with E-state index in [1.165, 1.54) is 9.78 Å². The number of hydrogen-bond acceptors (Lipinski definition) is 5. The number of likely N-dealkylation sites (N-methyl/N-ethyl adjacent to an activating group) is 1. The summed E-state index contributed by atoms with van der Waals surface area (Å²) in [5, 5.41) is 4.32. The molecule has 5 nitrogen and oxygen atoms in total. The van der Waals surface area contributed by atoms with Gasteiger partial charge in [-0.3, -0.25) is 19.8 Å². The largest absolute Gasteiger partial charge is 0.298 e. The summed E-state index contributed by atoms with van der Waals surface area (Å²) >= 11 is 1.66. The molecule has 0 spiro atoms. The molecule has 1 aromatic heterocycles. The Hall–Kier alpha value is -1.27. The molecule has 1 aliphatic heterocycles. The number of aromatic nitrogens is 1. The van der Waals surface area contributed by atoms with Gasteiger partial charge >= 0.3 is 0 Å². The number of piperidine rings is 1. The molecule has 2 unspecified atom stereocenters. The van der Waals surface area contributed by atoms with Gasteiger partial charge in [0.2, 0.25) is 11.8 Å². The van der Waals surface area contributed by atoms with Crippen molar-refractivity contribution >= 4 is 23.2 Å². The molecule has 1 saturated heterocycles. The Labute approximate surface area is 117 Å². The van der Waals surface area contributed by atoms with Gasteiger partial charge < -0.3 is 0 Å². The van der Waals surface area contributed by atoms with Crippen LogP contribution in [0.2, 0.25) is 0 Å². The molecule has 0 aliphatic carbocycles. The number of carbonyl (C=O) groups excluding carboxylic acids is 2. The second kappa shape index (κ2) is 5.38. The van der Waals surface area contributed by atoms with Crippen molar-refractivity contribution in [2.75, 3.05) is 7.05 Å². The van der Waals surface area contributed by atoms with Gasteiger partial charge in [0.05, 0.1) is 16.7 Å². The zero-order valence-corrected chi connectivity index (χ0v) is 12.5. The van der Waals surface area contributed by atoms with Gasteiger partial charge in [0, 0.05) is 24.4 Å². The molecule has 0 saturated carbocycles. The van der Waals surface area contributed by atoms with Crippen molar-refractivity contribution in [1.29, 1.82) is 0 Å². The molecule has 1 aliphatic rings. The number of carbonyl (C=O) groups is 2. The van der Waals surface area contributed by atoms with Crippen molar-refractivity contribution < 1.29 is 9.59 Å². The normalized spacial score (nSPS) is 21.9. The number of hydrogen-bond donors (Lipinski definition) is 1. The van der Waals surface area contributed by atoms with Gasteiger partial charge in [0.15, 0.2) is 0 Å². The number of rotatable bonds is 3. The lowest BCUT2D eigenvalue weighted by molar-refractivity contribution is -0.148. The van der Waals surface area contributed by atoms with Crippen LogP contribution in [0.3, 0.4) is 0 Å². The standard InChI is InChI=1S/C13H19N3O2S/c1-7(12-8(2)19-9(3)15-12)14-10-5-6-11(17)16(4)13(10)18/h7,10,14H,5-6H2,1-4H3. The van der Waals surface area contributed by atoms with Gasteiger partial charge in [-0.25, -0.2) is 4.98 Å². The van der Waals surface area contributed by atoms with Crippen LogP contribution in [0.1, 0.15) is 41.4 Å². The van der Waals surface area contributed by atoms with Crippen molar-refractivity contribution in [1.82, 2.24) is 15.2 Å². The molecule has 1 fully saturated rings. The highest BCUT2D eigenvalue weighted by molar-refractivity contribution is 7.11. The van der Waals surface area contributed by atoms with Gasteiger partial charge in [-0.2, -0.15) is 0 Å². The lowest BCUT2D eigenvalue weighted by Gasteiger charge is -2.30. The number of thiazole rings is 1. The lowest BCUT2D eigenvalue weighted by atomic mass is 10.0. The van der Waals surface area contributed by atoms with Gasteiger partial charge in [-0.15, -0.1) is 11.3 Å². The Morgan fingerprint density at radius 3 is 2.68 bits per heavy atom. The zero-order valence-electron chi connectivity index (χ0n) is 11.7. The van der Waals surface area contributed by atoms with E-state index in [-0.39, 0.29) is 23.9 Å². The Morgan fingerprint density at radius 2 is 2.11 bits per heavy atom. The summed E-state index contributed by atoms with van der Waals surface area (Å²) in [6.07, 6.45) is 0.982. The molecule has 2 atom stereocenters. The van der Waals surface area contributed by atoms with Crippen LogP contribution >= 0.6 is 11.3 Å². The minimum absolute atomic E-state index is 0.0144. The molecule has 0 aromatic carbocycles. The third-order valence-electron chi connectivity index (χ3n) is 3.45. The van der Waals surface area contributed by atoms with E-state index in [2.05, 4.69) is 10.3 Å². The van der Waals surface area contributed by atoms with E-state index in [0.717, 1.165) is 10.7 Å². The van der Waals surface area contributed by atoms with Crippen molar-refractivity contribution in [3.05, 3.63) is 15.6 Å². The molecule has 1 N–H and O–H groups in total. The average molecular weight is 281 g/mol. The fraction of sp³-hybridized carbons (Fsp3) is 0.615. The van der Waals surface area contributed by atoms with Crippen LogP contribution in [0.5, 0.6) is 0 Å². The first-order chi connectivity index (χ1) is 8.90. The highest BCUT2D eigenvalue weighted by Gasteiger charge is 2.32. The monoisotopic (exact) mass is 281 g/mol. The summed E-state index contributed by atoms with van der Waals surface area (Å²) < 4.78 is 0. The van der Waals surface area contributed by atoms with E-state index >= 15 is 0 Å². The fourth-order valence-corrected chi connectivity index (χ4v) is 3.31. The van der Waals surface area contributed by atoms with Crippen LogP contribution < -0.4 is 5.32 Å². The minimum Gasteiger partial charge on any atom is -0.298 e. The summed E-state index contributed by atoms with van der Waals surface area (Å²) in [5.41, 5.74) is 0.995. The van der Waals surface area contributed by atoms with Crippen LogP contribution in [0.15, 0.2) is 0 Å².